The van der Waals surface area contributed by atoms with E-state index >= 15 is 0 Å². The highest BCUT2D eigenvalue weighted by Crippen LogP contribution is 2.28. The summed E-state index contributed by atoms with van der Waals surface area (Å²) in [4.78, 5) is 28.2. The quantitative estimate of drug-likeness (QED) is 0.455. The van der Waals surface area contributed by atoms with Crippen molar-refractivity contribution >= 4 is 43.5 Å². The monoisotopic (exact) mass is 551 g/mol. The number of anilines is 1. The van der Waals surface area contributed by atoms with Gasteiger partial charge in [-0.3, -0.25) is 13.9 Å². The summed E-state index contributed by atoms with van der Waals surface area (Å²) in [5.74, 6) is -0.431. The molecule has 2 aromatic carbocycles. The summed E-state index contributed by atoms with van der Waals surface area (Å²) in [6, 6.07) is 13.8. The Morgan fingerprint density at radius 1 is 1.06 bits per heavy atom. The van der Waals surface area contributed by atoms with Crippen LogP contribution in [-0.2, 0) is 26.2 Å². The van der Waals surface area contributed by atoms with E-state index in [1.54, 1.807) is 24.3 Å². The zero-order valence-corrected chi connectivity index (χ0v) is 22.8. The minimum Gasteiger partial charge on any atom is -0.354 e. The molecule has 0 saturated carbocycles. The van der Waals surface area contributed by atoms with E-state index in [1.807, 2.05) is 52.0 Å². The lowest BCUT2D eigenvalue weighted by molar-refractivity contribution is -0.140. The maximum atomic E-state index is 13.7. The van der Waals surface area contributed by atoms with E-state index in [0.717, 1.165) is 21.7 Å². The largest absolute Gasteiger partial charge is 0.354 e. The van der Waals surface area contributed by atoms with Crippen LogP contribution in [0, 0.1) is 12.8 Å². The van der Waals surface area contributed by atoms with Gasteiger partial charge in [-0.2, -0.15) is 0 Å². The number of carbonyl (C=O) groups excluding carboxylic acids is 2. The number of halogens is 1. The number of nitrogens with zero attached hydrogens (tertiary/aromatic N) is 2. The van der Waals surface area contributed by atoms with Crippen molar-refractivity contribution in [1.82, 2.24) is 10.2 Å². The maximum absolute atomic E-state index is 13.7. The van der Waals surface area contributed by atoms with Crippen LogP contribution in [0.15, 0.2) is 53.0 Å². The van der Waals surface area contributed by atoms with E-state index < -0.39 is 28.5 Å². The van der Waals surface area contributed by atoms with Gasteiger partial charge < -0.3 is 10.2 Å². The van der Waals surface area contributed by atoms with Crippen molar-refractivity contribution in [2.45, 2.75) is 46.7 Å². The van der Waals surface area contributed by atoms with Gasteiger partial charge in [0.2, 0.25) is 21.8 Å². The van der Waals surface area contributed by atoms with Crippen molar-refractivity contribution in [1.29, 1.82) is 0 Å². The summed E-state index contributed by atoms with van der Waals surface area (Å²) >= 11 is 3.38. The van der Waals surface area contributed by atoms with Crippen molar-refractivity contribution in [3.05, 3.63) is 64.1 Å². The fraction of sp³-hybridized carbons (Fsp3) is 0.440. The highest BCUT2D eigenvalue weighted by molar-refractivity contribution is 9.10. The molecule has 0 radical (unpaired) electrons. The molecule has 0 aliphatic rings. The Morgan fingerprint density at radius 2 is 1.68 bits per heavy atom. The molecule has 2 aromatic rings. The van der Waals surface area contributed by atoms with Gasteiger partial charge in [0.25, 0.3) is 0 Å². The van der Waals surface area contributed by atoms with Gasteiger partial charge in [-0.25, -0.2) is 8.42 Å². The van der Waals surface area contributed by atoms with Crippen molar-refractivity contribution in [2.24, 2.45) is 5.92 Å². The van der Waals surface area contributed by atoms with Crippen LogP contribution in [0.2, 0.25) is 0 Å². The molecule has 0 saturated heterocycles. The smallest absolute Gasteiger partial charge is 0.244 e. The van der Waals surface area contributed by atoms with Gasteiger partial charge in [-0.1, -0.05) is 57.2 Å². The van der Waals surface area contributed by atoms with Crippen molar-refractivity contribution in [3.8, 4) is 0 Å². The number of rotatable bonds is 11. The molecule has 7 nitrogen and oxygen atoms in total. The first-order valence-electron chi connectivity index (χ1n) is 11.3. The van der Waals surface area contributed by atoms with Crippen LogP contribution in [-0.4, -0.2) is 50.5 Å². The molecule has 0 fully saturated rings. The topological polar surface area (TPSA) is 86.8 Å². The molecular formula is C25H34BrN3O4S. The number of carbonyl (C=O) groups is 2. The van der Waals surface area contributed by atoms with E-state index in [-0.39, 0.29) is 18.4 Å². The van der Waals surface area contributed by atoms with E-state index in [4.69, 9.17) is 0 Å². The Balaban J connectivity index is 2.45. The Labute approximate surface area is 211 Å². The van der Waals surface area contributed by atoms with Crippen LogP contribution in [0.5, 0.6) is 0 Å². The van der Waals surface area contributed by atoms with Crippen LogP contribution >= 0.6 is 15.9 Å². The summed E-state index contributed by atoms with van der Waals surface area (Å²) in [6.45, 7) is 8.07. The first kappa shape index (κ1) is 27.9. The third-order valence-electron chi connectivity index (χ3n) is 5.47. The number of nitrogens with one attached hydrogen (secondary N) is 1. The number of hydrogen-bond acceptors (Lipinski definition) is 4. The van der Waals surface area contributed by atoms with E-state index in [2.05, 4.69) is 21.2 Å². The lowest BCUT2D eigenvalue weighted by Crippen LogP contribution is -2.52. The molecule has 34 heavy (non-hydrogen) atoms. The van der Waals surface area contributed by atoms with Gasteiger partial charge in [-0.05, 0) is 58.5 Å². The third kappa shape index (κ3) is 7.56. The third-order valence-corrected chi connectivity index (χ3v) is 7.27. The van der Waals surface area contributed by atoms with Crippen LogP contribution in [0.3, 0.4) is 0 Å². The summed E-state index contributed by atoms with van der Waals surface area (Å²) in [6.07, 6.45) is 1.47. The fourth-order valence-corrected chi connectivity index (χ4v) is 5.04. The Bertz CT molecular complexity index is 1100. The minimum absolute atomic E-state index is 0.201. The van der Waals surface area contributed by atoms with Crippen LogP contribution in [0.25, 0.3) is 0 Å². The van der Waals surface area contributed by atoms with Gasteiger partial charge in [0.15, 0.2) is 0 Å². The molecule has 186 valence electrons. The highest BCUT2D eigenvalue weighted by atomic mass is 79.9. The van der Waals surface area contributed by atoms with E-state index in [1.165, 1.54) is 4.90 Å². The van der Waals surface area contributed by atoms with Gasteiger partial charge in [0, 0.05) is 17.6 Å². The minimum atomic E-state index is -3.77. The molecular weight excluding hydrogens is 518 g/mol. The summed E-state index contributed by atoms with van der Waals surface area (Å²) in [5.41, 5.74) is 2.26. The van der Waals surface area contributed by atoms with Crippen molar-refractivity contribution < 1.29 is 18.0 Å². The second-order valence-electron chi connectivity index (χ2n) is 8.73. The normalized spacial score (nSPS) is 12.3. The fourth-order valence-electron chi connectivity index (χ4n) is 3.56. The van der Waals surface area contributed by atoms with Gasteiger partial charge in [0.05, 0.1) is 11.9 Å². The van der Waals surface area contributed by atoms with Crippen molar-refractivity contribution in [3.63, 3.8) is 0 Å². The Kier molecular flexibility index (Phi) is 10.1. The predicted molar refractivity (Wildman–Crippen MR) is 140 cm³/mol. The first-order chi connectivity index (χ1) is 16.0. The molecule has 0 aromatic heterocycles. The molecule has 2 rings (SSSR count). The molecule has 1 N–H and O–H groups in total. The van der Waals surface area contributed by atoms with Gasteiger partial charge >= 0.3 is 0 Å². The Morgan fingerprint density at radius 3 is 2.24 bits per heavy atom. The second-order valence-corrected chi connectivity index (χ2v) is 11.5. The zero-order valence-electron chi connectivity index (χ0n) is 20.4. The van der Waals surface area contributed by atoms with Crippen LogP contribution in [0.1, 0.15) is 38.3 Å². The van der Waals surface area contributed by atoms with Crippen molar-refractivity contribution in [2.75, 3.05) is 23.7 Å². The summed E-state index contributed by atoms with van der Waals surface area (Å²) in [5, 5.41) is 2.92. The molecule has 1 atom stereocenters. The lowest BCUT2D eigenvalue weighted by atomic mass is 10.1. The van der Waals surface area contributed by atoms with E-state index in [0.29, 0.717) is 23.1 Å². The number of benzene rings is 2. The van der Waals surface area contributed by atoms with Crippen LogP contribution < -0.4 is 9.62 Å². The lowest BCUT2D eigenvalue weighted by Gasteiger charge is -2.33. The molecule has 9 heteroatoms. The number of aryl methyl sites for hydroxylation is 1. The standard InChI is InChI=1S/C25H34BrN3O4S/c1-6-22(25(31)27-15-18(2)3)28(16-20-12-8-7-11-19(20)4)24(30)17-29(34(5,32)33)23-14-10-9-13-21(23)26/h7-14,18,22H,6,15-17H2,1-5H3,(H,27,31)/t22-/m0/s1. The number of sulfonamides is 1. The molecule has 0 bridgehead atoms. The number of amides is 2. The average molecular weight is 553 g/mol. The molecule has 0 aliphatic heterocycles. The van der Waals surface area contributed by atoms with Crippen LogP contribution in [0.4, 0.5) is 5.69 Å². The molecule has 0 unspecified atom stereocenters. The van der Waals surface area contributed by atoms with Gasteiger partial charge in [-0.15, -0.1) is 0 Å². The molecule has 0 heterocycles. The number of hydrogen-bond donors (Lipinski definition) is 1. The first-order valence-corrected chi connectivity index (χ1v) is 13.9. The molecule has 2 amide bonds. The highest BCUT2D eigenvalue weighted by Gasteiger charge is 2.32. The zero-order chi connectivity index (χ0) is 25.5. The average Bonchev–Trinajstić information content (AvgIpc) is 2.76. The number of para-hydroxylation sites is 1. The van der Waals surface area contributed by atoms with Gasteiger partial charge in [0.1, 0.15) is 12.6 Å². The second kappa shape index (κ2) is 12.4. The summed E-state index contributed by atoms with van der Waals surface area (Å²) < 4.78 is 26.9. The predicted octanol–water partition coefficient (Wildman–Crippen LogP) is 4.10. The molecule has 0 spiro atoms. The SMILES string of the molecule is CC[C@@H](C(=O)NCC(C)C)N(Cc1ccccc1C)C(=O)CN(c1ccccc1Br)S(C)(=O)=O. The maximum Gasteiger partial charge on any atom is 0.244 e. The summed E-state index contributed by atoms with van der Waals surface area (Å²) in [7, 11) is -3.77. The van der Waals surface area contributed by atoms with E-state index in [9.17, 15) is 18.0 Å². The Hall–Kier alpha value is -2.39. The molecule has 0 aliphatic carbocycles.